The van der Waals surface area contributed by atoms with Crippen molar-refractivity contribution < 1.29 is 24.0 Å². The van der Waals surface area contributed by atoms with Crippen molar-refractivity contribution in [1.82, 2.24) is 4.57 Å². The van der Waals surface area contributed by atoms with Gasteiger partial charge in [-0.05, 0) is 55.1 Å². The molecule has 202 valence electrons. The molecule has 1 atom stereocenters. The highest BCUT2D eigenvalue weighted by atomic mass is 32.1. The molecule has 0 fully saturated rings. The van der Waals surface area contributed by atoms with Crippen molar-refractivity contribution in [2.75, 3.05) is 6.61 Å². The zero-order chi connectivity index (χ0) is 28.4. The summed E-state index contributed by atoms with van der Waals surface area (Å²) in [6.07, 6.45) is 1.70. The van der Waals surface area contributed by atoms with Gasteiger partial charge >= 0.3 is 11.9 Å². The molecule has 0 saturated carbocycles. The van der Waals surface area contributed by atoms with Crippen molar-refractivity contribution in [3.05, 3.63) is 123 Å². The maximum Gasteiger partial charge on any atom is 0.343 e. The van der Waals surface area contributed by atoms with Crippen molar-refractivity contribution in [1.29, 1.82) is 0 Å². The predicted molar refractivity (Wildman–Crippen MR) is 149 cm³/mol. The molecule has 5 rings (SSSR count). The third kappa shape index (κ3) is 5.26. The van der Waals surface area contributed by atoms with Gasteiger partial charge in [-0.25, -0.2) is 14.6 Å². The van der Waals surface area contributed by atoms with Crippen molar-refractivity contribution >= 4 is 46.4 Å². The Hall–Kier alpha value is -4.68. The van der Waals surface area contributed by atoms with E-state index >= 15 is 0 Å². The van der Waals surface area contributed by atoms with Gasteiger partial charge in [0, 0.05) is 17.0 Å². The minimum Gasteiger partial charge on any atom is -0.463 e. The van der Waals surface area contributed by atoms with Gasteiger partial charge in [-0.1, -0.05) is 35.6 Å². The number of thiazole rings is 1. The third-order valence-corrected chi connectivity index (χ3v) is 7.92. The fourth-order valence-corrected chi connectivity index (χ4v) is 6.07. The number of nitro benzene ring substituents is 1. The predicted octanol–water partition coefficient (Wildman–Crippen LogP) is 3.99. The van der Waals surface area contributed by atoms with Crippen molar-refractivity contribution in [3.8, 4) is 5.75 Å². The molecular formula is C28H21N3O7S2. The van der Waals surface area contributed by atoms with E-state index in [1.807, 2.05) is 17.5 Å². The van der Waals surface area contributed by atoms with Gasteiger partial charge in [-0.15, -0.1) is 11.3 Å². The summed E-state index contributed by atoms with van der Waals surface area (Å²) in [5.74, 6) is -1.000. The highest BCUT2D eigenvalue weighted by Crippen LogP contribution is 2.33. The summed E-state index contributed by atoms with van der Waals surface area (Å²) in [4.78, 5) is 55.1. The number of rotatable bonds is 7. The number of carbonyl (C=O) groups is 2. The monoisotopic (exact) mass is 575 g/mol. The number of ether oxygens (including phenoxy) is 2. The maximum absolute atomic E-state index is 13.6. The molecule has 40 heavy (non-hydrogen) atoms. The highest BCUT2D eigenvalue weighted by Gasteiger charge is 2.33. The molecular weight excluding hydrogens is 554 g/mol. The lowest BCUT2D eigenvalue weighted by atomic mass is 10.0. The molecule has 2 aromatic heterocycles. The first kappa shape index (κ1) is 26.9. The van der Waals surface area contributed by atoms with Crippen LogP contribution in [0.3, 0.4) is 0 Å². The molecule has 4 aromatic rings. The Bertz CT molecular complexity index is 1840. The van der Waals surface area contributed by atoms with E-state index < -0.39 is 22.9 Å². The normalized spacial score (nSPS) is 14.8. The SMILES string of the molecule is CCOC(=O)C1=C(C)N=c2s/c(=C\c3ccc(OC(=O)c4cccc([N+](=O)[O-])c4)cc3)c(=O)n2[C@H]1c1cccs1. The van der Waals surface area contributed by atoms with Crippen LogP contribution in [-0.4, -0.2) is 28.0 Å². The molecule has 1 aliphatic heterocycles. The molecule has 3 heterocycles. The molecule has 0 amide bonds. The lowest BCUT2D eigenvalue weighted by molar-refractivity contribution is -0.384. The lowest BCUT2D eigenvalue weighted by Gasteiger charge is -2.23. The molecule has 0 aliphatic carbocycles. The van der Waals surface area contributed by atoms with Gasteiger partial charge in [0.1, 0.15) is 11.8 Å². The Morgan fingerprint density at radius 3 is 2.58 bits per heavy atom. The number of non-ortho nitro benzene ring substituents is 1. The van der Waals surface area contributed by atoms with E-state index in [4.69, 9.17) is 9.47 Å². The average molecular weight is 576 g/mol. The third-order valence-electron chi connectivity index (χ3n) is 6.01. The van der Waals surface area contributed by atoms with E-state index in [9.17, 15) is 24.5 Å². The fraction of sp³-hybridized carbons (Fsp3) is 0.143. The summed E-state index contributed by atoms with van der Waals surface area (Å²) in [6.45, 7) is 3.66. The number of thiophene rings is 1. The van der Waals surface area contributed by atoms with Crippen molar-refractivity contribution in [2.45, 2.75) is 19.9 Å². The molecule has 0 radical (unpaired) electrons. The van der Waals surface area contributed by atoms with E-state index in [2.05, 4.69) is 4.99 Å². The standard InChI is InChI=1S/C28H21N3O7S2/c1-3-37-27(34)23-16(2)29-28-30(24(23)21-8-5-13-39-21)25(32)22(40-28)14-17-9-11-20(12-10-17)38-26(33)18-6-4-7-19(15-18)31(35)36/h4-15,24H,3H2,1-2H3/b22-14-/t24-/m0/s1. The number of nitro groups is 1. The van der Waals surface area contributed by atoms with Gasteiger partial charge in [0.25, 0.3) is 11.2 Å². The summed E-state index contributed by atoms with van der Waals surface area (Å²) in [7, 11) is 0. The summed E-state index contributed by atoms with van der Waals surface area (Å²) in [5, 5.41) is 12.9. The van der Waals surface area contributed by atoms with Crippen LogP contribution in [-0.2, 0) is 9.53 Å². The van der Waals surface area contributed by atoms with Gasteiger partial charge in [0.05, 0.1) is 32.9 Å². The van der Waals surface area contributed by atoms with Gasteiger partial charge in [0.15, 0.2) is 4.80 Å². The van der Waals surface area contributed by atoms with E-state index in [0.717, 1.165) is 10.9 Å². The van der Waals surface area contributed by atoms with Crippen LogP contribution in [0.4, 0.5) is 5.69 Å². The number of hydrogen-bond acceptors (Lipinski definition) is 10. The van der Waals surface area contributed by atoms with Gasteiger partial charge in [-0.3, -0.25) is 19.5 Å². The number of hydrogen-bond donors (Lipinski definition) is 0. The molecule has 2 aromatic carbocycles. The van der Waals surface area contributed by atoms with E-state index in [-0.39, 0.29) is 29.2 Å². The van der Waals surface area contributed by atoms with Crippen LogP contribution in [0.25, 0.3) is 6.08 Å². The number of benzene rings is 2. The second kappa shape index (κ2) is 11.2. The fourth-order valence-electron chi connectivity index (χ4n) is 4.20. The van der Waals surface area contributed by atoms with Crippen LogP contribution < -0.4 is 19.6 Å². The zero-order valence-electron chi connectivity index (χ0n) is 21.2. The number of fused-ring (bicyclic) bond motifs is 1. The van der Waals surface area contributed by atoms with Crippen molar-refractivity contribution in [3.63, 3.8) is 0 Å². The Balaban J connectivity index is 1.45. The van der Waals surface area contributed by atoms with Gasteiger partial charge in [-0.2, -0.15) is 0 Å². The molecule has 12 heteroatoms. The molecule has 0 unspecified atom stereocenters. The number of carbonyl (C=O) groups excluding carboxylic acids is 2. The number of allylic oxidation sites excluding steroid dienone is 1. The van der Waals surface area contributed by atoms with Gasteiger partial charge < -0.3 is 9.47 Å². The Kier molecular flexibility index (Phi) is 7.54. The highest BCUT2D eigenvalue weighted by molar-refractivity contribution is 7.10. The smallest absolute Gasteiger partial charge is 0.343 e. The number of nitrogens with zero attached hydrogens (tertiary/aromatic N) is 3. The minimum atomic E-state index is -0.730. The summed E-state index contributed by atoms with van der Waals surface area (Å²) in [6, 6.07) is 14.9. The summed E-state index contributed by atoms with van der Waals surface area (Å²) < 4.78 is 12.6. The van der Waals surface area contributed by atoms with Crippen LogP contribution in [0.1, 0.15) is 40.7 Å². The Morgan fingerprint density at radius 1 is 1.12 bits per heavy atom. The Labute approximate surface area is 234 Å². The van der Waals surface area contributed by atoms with Crippen LogP contribution in [0.2, 0.25) is 0 Å². The maximum atomic E-state index is 13.6. The molecule has 1 aliphatic rings. The van der Waals surface area contributed by atoms with Crippen LogP contribution >= 0.6 is 22.7 Å². The van der Waals surface area contributed by atoms with Crippen LogP contribution in [0.15, 0.2) is 87.1 Å². The summed E-state index contributed by atoms with van der Waals surface area (Å²) in [5.41, 5.74) is 1.05. The van der Waals surface area contributed by atoms with E-state index in [1.54, 1.807) is 44.2 Å². The second-order valence-electron chi connectivity index (χ2n) is 8.58. The first-order chi connectivity index (χ1) is 19.3. The van der Waals surface area contributed by atoms with E-state index in [1.165, 1.54) is 45.4 Å². The quantitative estimate of drug-likeness (QED) is 0.141. The second-order valence-corrected chi connectivity index (χ2v) is 10.6. The van der Waals surface area contributed by atoms with Gasteiger partial charge in [0.2, 0.25) is 0 Å². The largest absolute Gasteiger partial charge is 0.463 e. The first-order valence-electron chi connectivity index (χ1n) is 12.1. The molecule has 0 bridgehead atoms. The first-order valence-corrected chi connectivity index (χ1v) is 13.8. The lowest BCUT2D eigenvalue weighted by Crippen LogP contribution is -2.39. The number of aromatic nitrogens is 1. The molecule has 0 spiro atoms. The molecule has 0 N–H and O–H groups in total. The van der Waals surface area contributed by atoms with E-state index in [0.29, 0.717) is 26.2 Å². The topological polar surface area (TPSA) is 130 Å². The van der Waals surface area contributed by atoms with Crippen molar-refractivity contribution in [2.24, 2.45) is 4.99 Å². The molecule has 0 saturated heterocycles. The molecule has 10 nitrogen and oxygen atoms in total. The Morgan fingerprint density at radius 2 is 1.90 bits per heavy atom. The average Bonchev–Trinajstić information content (AvgIpc) is 3.57. The van der Waals surface area contributed by atoms with Crippen LogP contribution in [0, 0.1) is 10.1 Å². The zero-order valence-corrected chi connectivity index (χ0v) is 22.9. The number of esters is 2. The van der Waals surface area contributed by atoms with Crippen LogP contribution in [0.5, 0.6) is 5.75 Å². The minimum absolute atomic E-state index is 0.0529. The summed E-state index contributed by atoms with van der Waals surface area (Å²) >= 11 is 2.65.